The molecule has 1 aromatic rings. The first-order chi connectivity index (χ1) is 8.21. The maximum absolute atomic E-state index is 5.70. The van der Waals surface area contributed by atoms with Gasteiger partial charge in [0.1, 0.15) is 12.9 Å². The van der Waals surface area contributed by atoms with Crippen LogP contribution >= 0.6 is 0 Å². The number of ether oxygens (including phenoxy) is 1. The van der Waals surface area contributed by atoms with Crippen molar-refractivity contribution in [3.05, 3.63) is 47.2 Å². The predicted octanol–water partition coefficient (Wildman–Crippen LogP) is 3.63. The van der Waals surface area contributed by atoms with Crippen LogP contribution in [0.1, 0.15) is 31.4 Å². The molecule has 1 aromatic carbocycles. The lowest BCUT2D eigenvalue weighted by Gasteiger charge is -2.10. The van der Waals surface area contributed by atoms with Gasteiger partial charge >= 0.3 is 0 Å². The molecule has 0 aliphatic carbocycles. The molecule has 17 heavy (non-hydrogen) atoms. The maximum atomic E-state index is 5.70. The normalized spacial score (nSPS) is 12.5. The summed E-state index contributed by atoms with van der Waals surface area (Å²) in [5.41, 5.74) is 2.11. The van der Waals surface area contributed by atoms with Crippen molar-refractivity contribution in [2.45, 2.75) is 27.2 Å². The molecule has 92 valence electrons. The van der Waals surface area contributed by atoms with E-state index in [2.05, 4.69) is 5.16 Å². The summed E-state index contributed by atoms with van der Waals surface area (Å²) in [7, 11) is 1.51. The highest BCUT2D eigenvalue weighted by Crippen LogP contribution is 2.11. The molecule has 0 N–H and O–H groups in total. The van der Waals surface area contributed by atoms with Gasteiger partial charge in [-0.1, -0.05) is 24.6 Å². The third-order valence-corrected chi connectivity index (χ3v) is 2.37. The van der Waals surface area contributed by atoms with Crippen LogP contribution in [0.3, 0.4) is 0 Å². The molecule has 0 saturated carbocycles. The van der Waals surface area contributed by atoms with Crippen molar-refractivity contribution in [3.63, 3.8) is 0 Å². The van der Waals surface area contributed by atoms with Crippen molar-refractivity contribution in [1.29, 1.82) is 0 Å². The Hall–Kier alpha value is -1.77. The molecule has 0 aliphatic heterocycles. The van der Waals surface area contributed by atoms with Crippen LogP contribution in [-0.4, -0.2) is 13.0 Å². The minimum absolute atomic E-state index is 0.488. The fourth-order valence-electron chi connectivity index (χ4n) is 1.37. The lowest BCUT2D eigenvalue weighted by molar-refractivity contribution is 0.200. The summed E-state index contributed by atoms with van der Waals surface area (Å²) in [6, 6.07) is 7.97. The number of benzene rings is 1. The quantitative estimate of drug-likeness (QED) is 0.344. The third-order valence-electron chi connectivity index (χ3n) is 2.37. The number of aryl methyl sites for hydroxylation is 1. The topological polar surface area (TPSA) is 30.8 Å². The van der Waals surface area contributed by atoms with Crippen LogP contribution in [0.15, 0.2) is 41.3 Å². The zero-order chi connectivity index (χ0) is 12.7. The first kappa shape index (κ1) is 13.3. The molecule has 0 spiro atoms. The van der Waals surface area contributed by atoms with Gasteiger partial charge in [-0.2, -0.15) is 0 Å². The van der Waals surface area contributed by atoms with Gasteiger partial charge in [0.05, 0.1) is 0 Å². The largest absolute Gasteiger partial charge is 0.441 e. The molecule has 0 amide bonds. The average Bonchev–Trinajstić information content (AvgIpc) is 2.35. The Morgan fingerprint density at radius 2 is 1.94 bits per heavy atom. The number of rotatable bonds is 4. The van der Waals surface area contributed by atoms with Crippen LogP contribution in [0, 0.1) is 6.92 Å². The van der Waals surface area contributed by atoms with Crippen molar-refractivity contribution < 1.29 is 9.57 Å². The van der Waals surface area contributed by atoms with Gasteiger partial charge in [0.25, 0.3) is 5.90 Å². The molecular formula is C14H19NO2. The van der Waals surface area contributed by atoms with E-state index in [0.29, 0.717) is 5.90 Å². The van der Waals surface area contributed by atoms with Crippen LogP contribution in [0.5, 0.6) is 0 Å². The lowest BCUT2D eigenvalue weighted by atomic mass is 10.1. The van der Waals surface area contributed by atoms with Crippen molar-refractivity contribution in [1.82, 2.24) is 0 Å². The summed E-state index contributed by atoms with van der Waals surface area (Å²) >= 11 is 0. The highest BCUT2D eigenvalue weighted by molar-refractivity contribution is 5.94. The molecule has 0 aliphatic rings. The van der Waals surface area contributed by atoms with E-state index in [4.69, 9.17) is 9.57 Å². The Morgan fingerprint density at radius 1 is 1.29 bits per heavy atom. The second kappa shape index (κ2) is 6.74. The van der Waals surface area contributed by atoms with Crippen molar-refractivity contribution in [2.24, 2.45) is 5.16 Å². The smallest absolute Gasteiger partial charge is 0.262 e. The lowest BCUT2D eigenvalue weighted by Crippen LogP contribution is -2.07. The summed E-state index contributed by atoms with van der Waals surface area (Å²) in [5, 5.41) is 3.91. The number of allylic oxidation sites excluding steroid dienone is 2. The fraction of sp³-hybridized carbons (Fsp3) is 0.357. The third kappa shape index (κ3) is 3.94. The predicted molar refractivity (Wildman–Crippen MR) is 69.9 cm³/mol. The highest BCUT2D eigenvalue weighted by atomic mass is 16.6. The number of hydrogen-bond donors (Lipinski definition) is 0. The van der Waals surface area contributed by atoms with Gasteiger partial charge < -0.3 is 9.57 Å². The average molecular weight is 233 g/mol. The van der Waals surface area contributed by atoms with E-state index in [9.17, 15) is 0 Å². The molecule has 3 heteroatoms. The summed E-state index contributed by atoms with van der Waals surface area (Å²) < 4.78 is 5.70. The van der Waals surface area contributed by atoms with E-state index >= 15 is 0 Å². The second-order valence-electron chi connectivity index (χ2n) is 3.66. The van der Waals surface area contributed by atoms with Gasteiger partial charge in [-0.05, 0) is 37.2 Å². The molecular weight excluding hydrogens is 214 g/mol. The number of oxime groups is 1. The minimum Gasteiger partial charge on any atom is -0.441 e. The van der Waals surface area contributed by atoms with E-state index in [-0.39, 0.29) is 0 Å². The van der Waals surface area contributed by atoms with Gasteiger partial charge in [0.2, 0.25) is 0 Å². The fourth-order valence-corrected chi connectivity index (χ4v) is 1.37. The molecule has 0 atom stereocenters. The van der Waals surface area contributed by atoms with Gasteiger partial charge in [-0.25, -0.2) is 0 Å². The molecule has 0 fully saturated rings. The van der Waals surface area contributed by atoms with Crippen LogP contribution in [0.2, 0.25) is 0 Å². The van der Waals surface area contributed by atoms with Gasteiger partial charge in [0.15, 0.2) is 0 Å². The summed E-state index contributed by atoms with van der Waals surface area (Å²) in [6.07, 6.45) is 2.75. The van der Waals surface area contributed by atoms with E-state index in [0.717, 1.165) is 17.7 Å². The molecule has 0 heterocycles. The van der Waals surface area contributed by atoms with Gasteiger partial charge in [-0.3, -0.25) is 0 Å². The van der Waals surface area contributed by atoms with Crippen molar-refractivity contribution in [3.8, 4) is 0 Å². The zero-order valence-corrected chi connectivity index (χ0v) is 10.9. The number of hydrogen-bond acceptors (Lipinski definition) is 3. The minimum atomic E-state index is 0.488. The summed E-state index contributed by atoms with van der Waals surface area (Å²) in [6.45, 7) is 6.02. The molecule has 3 nitrogen and oxygen atoms in total. The standard InChI is InChI=1S/C14H19NO2/c1-5-13(6-2)17-14(15-16-4)12-9-7-11(3)8-10-12/h5,7-10H,6H2,1-4H3/b13-5+,15-14+. The Balaban J connectivity index is 2.94. The second-order valence-corrected chi connectivity index (χ2v) is 3.66. The van der Waals surface area contributed by atoms with E-state index in [1.165, 1.54) is 12.7 Å². The Bertz CT molecular complexity index is 405. The molecule has 0 unspecified atom stereocenters. The molecule has 0 radical (unpaired) electrons. The Kier molecular flexibility index (Phi) is 5.27. The first-order valence-corrected chi connectivity index (χ1v) is 5.72. The highest BCUT2D eigenvalue weighted by Gasteiger charge is 2.07. The van der Waals surface area contributed by atoms with Gasteiger partial charge in [-0.15, -0.1) is 0 Å². The Labute approximate surface area is 103 Å². The van der Waals surface area contributed by atoms with E-state index < -0.39 is 0 Å². The monoisotopic (exact) mass is 233 g/mol. The molecule has 1 rings (SSSR count). The van der Waals surface area contributed by atoms with Gasteiger partial charge in [0, 0.05) is 12.0 Å². The van der Waals surface area contributed by atoms with Crippen LogP contribution < -0.4 is 0 Å². The van der Waals surface area contributed by atoms with Crippen molar-refractivity contribution >= 4 is 5.90 Å². The first-order valence-electron chi connectivity index (χ1n) is 5.72. The van der Waals surface area contributed by atoms with E-state index in [1.54, 1.807) is 0 Å². The number of nitrogens with zero attached hydrogens (tertiary/aromatic N) is 1. The summed E-state index contributed by atoms with van der Waals surface area (Å²) in [4.78, 5) is 4.81. The van der Waals surface area contributed by atoms with Crippen LogP contribution in [-0.2, 0) is 9.57 Å². The molecule has 0 saturated heterocycles. The molecule has 0 aromatic heterocycles. The Morgan fingerprint density at radius 3 is 2.41 bits per heavy atom. The SMILES string of the molecule is C/C=C(\CC)O/C(=N/OC)c1ccc(C)cc1. The van der Waals surface area contributed by atoms with E-state index in [1.807, 2.05) is 51.1 Å². The molecule has 0 bridgehead atoms. The zero-order valence-electron chi connectivity index (χ0n) is 10.9. The van der Waals surface area contributed by atoms with Crippen molar-refractivity contribution in [2.75, 3.05) is 7.11 Å². The summed E-state index contributed by atoms with van der Waals surface area (Å²) in [5.74, 6) is 1.36. The maximum Gasteiger partial charge on any atom is 0.262 e. The van der Waals surface area contributed by atoms with Crippen LogP contribution in [0.4, 0.5) is 0 Å². The van der Waals surface area contributed by atoms with Crippen LogP contribution in [0.25, 0.3) is 0 Å².